The Morgan fingerprint density at radius 2 is 1.38 bits per heavy atom. The summed E-state index contributed by atoms with van der Waals surface area (Å²) in [4.78, 5) is 35.3. The van der Waals surface area contributed by atoms with Gasteiger partial charge in [0.1, 0.15) is 0 Å². The van der Waals surface area contributed by atoms with Gasteiger partial charge < -0.3 is 20.7 Å². The van der Waals surface area contributed by atoms with Crippen molar-refractivity contribution in [3.05, 3.63) is 59.2 Å². The average Bonchev–Trinajstić information content (AvgIpc) is 2.64. The van der Waals surface area contributed by atoms with Crippen LogP contribution in [0.25, 0.3) is 0 Å². The monoisotopic (exact) mass is 397 g/mol. The van der Waals surface area contributed by atoms with E-state index < -0.39 is 0 Å². The lowest BCUT2D eigenvalue weighted by atomic mass is 10.1. The molecule has 154 valence electrons. The molecular formula is C22H27N3O4. The molecule has 3 N–H and O–H groups in total. The Kier molecular flexibility index (Phi) is 7.91. The molecule has 0 aliphatic rings. The zero-order chi connectivity index (χ0) is 21.4. The normalized spacial score (nSPS) is 10.5. The van der Waals surface area contributed by atoms with E-state index in [0.29, 0.717) is 30.1 Å². The molecule has 29 heavy (non-hydrogen) atoms. The Bertz CT molecular complexity index is 842. The van der Waals surface area contributed by atoms with Gasteiger partial charge in [0.25, 0.3) is 5.91 Å². The van der Waals surface area contributed by atoms with Gasteiger partial charge in [-0.15, -0.1) is 0 Å². The summed E-state index contributed by atoms with van der Waals surface area (Å²) in [5.74, 6) is -0.841. The van der Waals surface area contributed by atoms with Crippen molar-refractivity contribution in [3.8, 4) is 0 Å². The van der Waals surface area contributed by atoms with E-state index in [2.05, 4.69) is 16.0 Å². The Morgan fingerprint density at radius 1 is 0.862 bits per heavy atom. The maximum atomic E-state index is 12.6. The van der Waals surface area contributed by atoms with Crippen LogP contribution in [-0.4, -0.2) is 23.8 Å². The molecule has 0 saturated heterocycles. The number of carbonyl (C=O) groups excluding carboxylic acids is 3. The molecule has 0 saturated carbocycles. The zero-order valence-corrected chi connectivity index (χ0v) is 17.2. The van der Waals surface area contributed by atoms with Gasteiger partial charge >= 0.3 is 0 Å². The topological polar surface area (TPSA) is 96.5 Å². The fourth-order valence-electron chi connectivity index (χ4n) is 2.61. The van der Waals surface area contributed by atoms with Gasteiger partial charge in [-0.3, -0.25) is 14.4 Å². The molecule has 3 amide bonds. The summed E-state index contributed by atoms with van der Waals surface area (Å²) < 4.78 is 5.57. The summed E-state index contributed by atoms with van der Waals surface area (Å²) in [7, 11) is 0. The van der Waals surface area contributed by atoms with Gasteiger partial charge in [0.15, 0.2) is 0 Å². The van der Waals surface area contributed by atoms with Crippen LogP contribution in [0, 0.1) is 0 Å². The van der Waals surface area contributed by atoms with Crippen LogP contribution in [0.2, 0.25) is 0 Å². The molecule has 7 heteroatoms. The number of hydrogen-bond acceptors (Lipinski definition) is 4. The zero-order valence-electron chi connectivity index (χ0n) is 17.2. The number of hydrogen-bond donors (Lipinski definition) is 3. The maximum absolute atomic E-state index is 12.6. The smallest absolute Gasteiger partial charge is 0.251 e. The van der Waals surface area contributed by atoms with Crippen LogP contribution in [-0.2, 0) is 27.5 Å². The minimum Gasteiger partial charge on any atom is -0.374 e. The third-order valence-corrected chi connectivity index (χ3v) is 3.90. The molecule has 0 bridgehead atoms. The number of amides is 3. The Labute approximate surface area is 170 Å². The third kappa shape index (κ3) is 7.75. The molecule has 0 radical (unpaired) electrons. The molecule has 2 aromatic rings. The van der Waals surface area contributed by atoms with E-state index in [1.54, 1.807) is 18.2 Å². The summed E-state index contributed by atoms with van der Waals surface area (Å²) in [6.45, 7) is 7.63. The molecule has 0 aliphatic heterocycles. The van der Waals surface area contributed by atoms with Crippen molar-refractivity contribution in [2.75, 3.05) is 10.6 Å². The summed E-state index contributed by atoms with van der Waals surface area (Å²) >= 11 is 0. The second kappa shape index (κ2) is 10.4. The van der Waals surface area contributed by atoms with Gasteiger partial charge in [0.2, 0.25) is 11.8 Å². The summed E-state index contributed by atoms with van der Waals surface area (Å²) in [5, 5.41) is 8.11. The first-order valence-electron chi connectivity index (χ1n) is 9.41. The predicted octanol–water partition coefficient (Wildman–Crippen LogP) is 3.46. The molecule has 0 aliphatic carbocycles. The molecule has 0 heterocycles. The van der Waals surface area contributed by atoms with Crippen LogP contribution in [0.15, 0.2) is 42.5 Å². The second-order valence-electron chi connectivity index (χ2n) is 7.02. The Morgan fingerprint density at radius 3 is 1.86 bits per heavy atom. The highest BCUT2D eigenvalue weighted by Gasteiger charge is 2.11. The van der Waals surface area contributed by atoms with Crippen molar-refractivity contribution < 1.29 is 19.1 Å². The first-order valence-corrected chi connectivity index (χ1v) is 9.41. The molecule has 0 unspecified atom stereocenters. The first kappa shape index (κ1) is 22.1. The lowest BCUT2D eigenvalue weighted by molar-refractivity contribution is -0.115. The molecule has 7 nitrogen and oxygen atoms in total. The van der Waals surface area contributed by atoms with Crippen molar-refractivity contribution in [1.82, 2.24) is 5.32 Å². The van der Waals surface area contributed by atoms with Gasteiger partial charge in [0.05, 0.1) is 12.7 Å². The van der Waals surface area contributed by atoms with Gasteiger partial charge in [-0.05, 0) is 43.2 Å². The van der Waals surface area contributed by atoms with Crippen molar-refractivity contribution in [1.29, 1.82) is 0 Å². The van der Waals surface area contributed by atoms with Gasteiger partial charge in [-0.1, -0.05) is 24.3 Å². The lowest BCUT2D eigenvalue weighted by Gasteiger charge is -2.12. The van der Waals surface area contributed by atoms with E-state index in [-0.39, 0.29) is 23.8 Å². The highest BCUT2D eigenvalue weighted by atomic mass is 16.5. The Hall–Kier alpha value is -3.19. The van der Waals surface area contributed by atoms with Crippen LogP contribution in [0.3, 0.4) is 0 Å². The third-order valence-electron chi connectivity index (χ3n) is 3.90. The van der Waals surface area contributed by atoms with Crippen molar-refractivity contribution in [3.63, 3.8) is 0 Å². The molecule has 0 spiro atoms. The average molecular weight is 397 g/mol. The van der Waals surface area contributed by atoms with Gasteiger partial charge in [-0.25, -0.2) is 0 Å². The standard InChI is InChI=1S/C22H27N3O4/c1-14(2)29-13-18-7-5-17(6-8-18)12-23-22(28)19-9-20(24-15(3)26)11-21(10-19)25-16(4)27/h5-11,14H,12-13H2,1-4H3,(H,23,28)(H,24,26)(H,25,27). The summed E-state index contributed by atoms with van der Waals surface area (Å²) in [5.41, 5.74) is 3.22. The van der Waals surface area contributed by atoms with E-state index in [4.69, 9.17) is 4.74 Å². The number of benzene rings is 2. The van der Waals surface area contributed by atoms with E-state index >= 15 is 0 Å². The minimum absolute atomic E-state index is 0.171. The Balaban J connectivity index is 2.05. The second-order valence-corrected chi connectivity index (χ2v) is 7.02. The van der Waals surface area contributed by atoms with Crippen LogP contribution in [0.5, 0.6) is 0 Å². The number of carbonyl (C=O) groups is 3. The molecule has 0 aromatic heterocycles. The van der Waals surface area contributed by atoms with Crippen LogP contribution < -0.4 is 16.0 Å². The molecule has 0 atom stereocenters. The van der Waals surface area contributed by atoms with E-state index in [1.165, 1.54) is 13.8 Å². The summed E-state index contributed by atoms with van der Waals surface area (Å²) in [6.07, 6.45) is 0.171. The SMILES string of the molecule is CC(=O)Nc1cc(NC(C)=O)cc(C(=O)NCc2ccc(COC(C)C)cc2)c1. The van der Waals surface area contributed by atoms with Crippen molar-refractivity contribution in [2.24, 2.45) is 0 Å². The van der Waals surface area contributed by atoms with E-state index in [0.717, 1.165) is 11.1 Å². The number of ether oxygens (including phenoxy) is 1. The fourth-order valence-corrected chi connectivity index (χ4v) is 2.61. The first-order chi connectivity index (χ1) is 13.7. The number of anilines is 2. The quantitative estimate of drug-likeness (QED) is 0.636. The van der Waals surface area contributed by atoms with E-state index in [9.17, 15) is 14.4 Å². The largest absolute Gasteiger partial charge is 0.374 e. The number of nitrogens with one attached hydrogen (secondary N) is 3. The van der Waals surface area contributed by atoms with Crippen LogP contribution in [0.4, 0.5) is 11.4 Å². The fraction of sp³-hybridized carbons (Fsp3) is 0.318. The van der Waals surface area contributed by atoms with Crippen molar-refractivity contribution >= 4 is 29.1 Å². The minimum atomic E-state index is -0.309. The molecule has 2 aromatic carbocycles. The van der Waals surface area contributed by atoms with Crippen molar-refractivity contribution in [2.45, 2.75) is 47.0 Å². The van der Waals surface area contributed by atoms with Crippen LogP contribution in [0.1, 0.15) is 49.2 Å². The highest BCUT2D eigenvalue weighted by Crippen LogP contribution is 2.19. The maximum Gasteiger partial charge on any atom is 0.251 e. The lowest BCUT2D eigenvalue weighted by Crippen LogP contribution is -2.23. The molecule has 0 fully saturated rings. The predicted molar refractivity (Wildman–Crippen MR) is 113 cm³/mol. The van der Waals surface area contributed by atoms with Gasteiger partial charge in [-0.2, -0.15) is 0 Å². The summed E-state index contributed by atoms with van der Waals surface area (Å²) in [6, 6.07) is 12.5. The number of rotatable bonds is 8. The highest BCUT2D eigenvalue weighted by molar-refractivity contribution is 5.99. The molecular weight excluding hydrogens is 370 g/mol. The van der Waals surface area contributed by atoms with E-state index in [1.807, 2.05) is 38.1 Å². The van der Waals surface area contributed by atoms with Gasteiger partial charge in [0, 0.05) is 37.3 Å². The molecule has 2 rings (SSSR count). The van der Waals surface area contributed by atoms with Crippen LogP contribution >= 0.6 is 0 Å².